The number of methoxy groups -OCH3 is 1. The SMILES string of the molecule is COC1CC/C=C(\C)CC/C=C(\C)CCC1C. The topological polar surface area (TPSA) is 9.23 Å². The van der Waals surface area contributed by atoms with Gasteiger partial charge in [0.25, 0.3) is 0 Å². The van der Waals surface area contributed by atoms with E-state index >= 15 is 0 Å². The van der Waals surface area contributed by atoms with Gasteiger partial charge in [0.1, 0.15) is 0 Å². The monoisotopic (exact) mass is 236 g/mol. The third-order valence-electron chi connectivity index (χ3n) is 3.91. The van der Waals surface area contributed by atoms with Crippen molar-refractivity contribution in [3.05, 3.63) is 23.3 Å². The Balaban J connectivity index is 2.65. The summed E-state index contributed by atoms with van der Waals surface area (Å²) in [5.74, 6) is 0.663. The highest BCUT2D eigenvalue weighted by Gasteiger charge is 2.16. The van der Waals surface area contributed by atoms with Gasteiger partial charge in [0, 0.05) is 7.11 Å². The standard InChI is InChI=1S/C16H28O/c1-13-7-5-8-14(2)11-12-15(3)16(17-4)10-6-9-13/h8-9,15-16H,5-7,10-12H2,1-4H3/b13-9+,14-8+. The minimum Gasteiger partial charge on any atom is -0.381 e. The van der Waals surface area contributed by atoms with Crippen LogP contribution in [0, 0.1) is 5.92 Å². The molecule has 98 valence electrons. The molecule has 1 aliphatic carbocycles. The molecule has 0 aliphatic heterocycles. The summed E-state index contributed by atoms with van der Waals surface area (Å²) in [5.41, 5.74) is 3.07. The van der Waals surface area contributed by atoms with Crippen LogP contribution in [0.4, 0.5) is 0 Å². The Hall–Kier alpha value is -0.560. The third-order valence-corrected chi connectivity index (χ3v) is 3.91. The van der Waals surface area contributed by atoms with Crippen molar-refractivity contribution in [2.45, 2.75) is 65.4 Å². The van der Waals surface area contributed by atoms with Crippen LogP contribution in [0.5, 0.6) is 0 Å². The number of ether oxygens (including phenoxy) is 1. The smallest absolute Gasteiger partial charge is 0.0599 e. The van der Waals surface area contributed by atoms with Crippen LogP contribution in [0.3, 0.4) is 0 Å². The molecule has 0 spiro atoms. The lowest BCUT2D eigenvalue weighted by atomic mass is 9.92. The zero-order chi connectivity index (χ0) is 12.7. The van der Waals surface area contributed by atoms with Crippen LogP contribution in [0.15, 0.2) is 23.3 Å². The van der Waals surface area contributed by atoms with E-state index in [0.717, 1.165) is 12.8 Å². The fourth-order valence-electron chi connectivity index (χ4n) is 2.52. The maximum absolute atomic E-state index is 5.63. The number of rotatable bonds is 1. The second-order valence-electron chi connectivity index (χ2n) is 5.51. The van der Waals surface area contributed by atoms with E-state index in [1.165, 1.54) is 31.3 Å². The van der Waals surface area contributed by atoms with E-state index in [-0.39, 0.29) is 0 Å². The van der Waals surface area contributed by atoms with Crippen molar-refractivity contribution in [3.63, 3.8) is 0 Å². The zero-order valence-electron chi connectivity index (χ0n) is 12.0. The van der Waals surface area contributed by atoms with Crippen LogP contribution in [0.1, 0.15) is 59.3 Å². The van der Waals surface area contributed by atoms with Gasteiger partial charge in [-0.25, -0.2) is 0 Å². The van der Waals surface area contributed by atoms with Gasteiger partial charge in [0.2, 0.25) is 0 Å². The maximum atomic E-state index is 5.63. The van der Waals surface area contributed by atoms with Gasteiger partial charge < -0.3 is 4.74 Å². The molecule has 0 aromatic carbocycles. The first-order valence-electron chi connectivity index (χ1n) is 6.97. The Morgan fingerprint density at radius 2 is 1.65 bits per heavy atom. The van der Waals surface area contributed by atoms with Gasteiger partial charge in [0.15, 0.2) is 0 Å². The van der Waals surface area contributed by atoms with Crippen molar-refractivity contribution < 1.29 is 4.74 Å². The van der Waals surface area contributed by atoms with Crippen molar-refractivity contribution in [2.24, 2.45) is 5.92 Å². The summed E-state index contributed by atoms with van der Waals surface area (Å²) in [4.78, 5) is 0. The highest BCUT2D eigenvalue weighted by atomic mass is 16.5. The van der Waals surface area contributed by atoms with Crippen molar-refractivity contribution in [1.29, 1.82) is 0 Å². The Morgan fingerprint density at radius 1 is 1.00 bits per heavy atom. The van der Waals surface area contributed by atoms with Crippen LogP contribution in [0.2, 0.25) is 0 Å². The predicted molar refractivity (Wildman–Crippen MR) is 75.2 cm³/mol. The summed E-state index contributed by atoms with van der Waals surface area (Å²) in [6, 6.07) is 0. The number of allylic oxidation sites excluding steroid dienone is 4. The highest BCUT2D eigenvalue weighted by Crippen LogP contribution is 2.22. The van der Waals surface area contributed by atoms with E-state index in [4.69, 9.17) is 4.74 Å². The predicted octanol–water partition coefficient (Wildman–Crippen LogP) is 4.88. The molecule has 0 amide bonds. The number of hydrogen-bond acceptors (Lipinski definition) is 1. The normalized spacial score (nSPS) is 34.8. The first-order chi connectivity index (χ1) is 8.13. The minimum atomic E-state index is 0.422. The van der Waals surface area contributed by atoms with Gasteiger partial charge in [-0.2, -0.15) is 0 Å². The molecule has 0 bridgehead atoms. The molecule has 0 heterocycles. The van der Waals surface area contributed by atoms with Crippen LogP contribution < -0.4 is 0 Å². The van der Waals surface area contributed by atoms with E-state index < -0.39 is 0 Å². The summed E-state index contributed by atoms with van der Waals surface area (Å²) in [6.07, 6.45) is 12.5. The average Bonchev–Trinajstić information content (AvgIpc) is 2.30. The molecule has 0 saturated carbocycles. The van der Waals surface area contributed by atoms with Crippen LogP contribution >= 0.6 is 0 Å². The molecule has 0 fully saturated rings. The molecule has 2 unspecified atom stereocenters. The van der Waals surface area contributed by atoms with Gasteiger partial charge in [-0.15, -0.1) is 0 Å². The lowest BCUT2D eigenvalue weighted by molar-refractivity contribution is 0.0495. The molecule has 0 saturated heterocycles. The summed E-state index contributed by atoms with van der Waals surface area (Å²) in [5, 5.41) is 0. The molecule has 1 nitrogen and oxygen atoms in total. The highest BCUT2D eigenvalue weighted by molar-refractivity contribution is 5.04. The zero-order valence-corrected chi connectivity index (χ0v) is 12.0. The van der Waals surface area contributed by atoms with E-state index in [1.54, 1.807) is 5.57 Å². The summed E-state index contributed by atoms with van der Waals surface area (Å²) >= 11 is 0. The summed E-state index contributed by atoms with van der Waals surface area (Å²) < 4.78 is 5.63. The van der Waals surface area contributed by atoms with Gasteiger partial charge in [-0.05, 0) is 58.3 Å². The molecule has 2 atom stereocenters. The number of hydrogen-bond donors (Lipinski definition) is 0. The Kier molecular flexibility index (Phi) is 6.57. The van der Waals surface area contributed by atoms with Gasteiger partial charge in [-0.3, -0.25) is 0 Å². The molecule has 0 N–H and O–H groups in total. The van der Waals surface area contributed by atoms with Gasteiger partial charge >= 0.3 is 0 Å². The maximum Gasteiger partial charge on any atom is 0.0599 e. The summed E-state index contributed by atoms with van der Waals surface area (Å²) in [6.45, 7) is 6.84. The van der Waals surface area contributed by atoms with Crippen molar-refractivity contribution in [2.75, 3.05) is 7.11 Å². The second kappa shape index (κ2) is 7.71. The van der Waals surface area contributed by atoms with Gasteiger partial charge in [0.05, 0.1) is 6.10 Å². The van der Waals surface area contributed by atoms with Crippen LogP contribution in [0.25, 0.3) is 0 Å². The van der Waals surface area contributed by atoms with Crippen LogP contribution in [-0.2, 0) is 4.74 Å². The van der Waals surface area contributed by atoms with Crippen LogP contribution in [-0.4, -0.2) is 13.2 Å². The molecule has 0 aromatic rings. The van der Waals surface area contributed by atoms with E-state index in [1.807, 2.05) is 7.11 Å². The molecule has 1 heteroatoms. The quantitative estimate of drug-likeness (QED) is 0.589. The van der Waals surface area contributed by atoms with Crippen molar-refractivity contribution in [1.82, 2.24) is 0 Å². The largest absolute Gasteiger partial charge is 0.381 e. The first kappa shape index (κ1) is 14.5. The third kappa shape index (κ3) is 5.54. The fraction of sp³-hybridized carbons (Fsp3) is 0.750. The minimum absolute atomic E-state index is 0.422. The molecular formula is C16H28O. The molecule has 0 radical (unpaired) electrons. The van der Waals surface area contributed by atoms with E-state index in [9.17, 15) is 0 Å². The molecule has 1 aliphatic rings. The van der Waals surface area contributed by atoms with Crippen molar-refractivity contribution in [3.8, 4) is 0 Å². The Morgan fingerprint density at radius 3 is 2.35 bits per heavy atom. The second-order valence-corrected chi connectivity index (χ2v) is 5.51. The van der Waals surface area contributed by atoms with Crippen molar-refractivity contribution >= 4 is 0 Å². The van der Waals surface area contributed by atoms with Gasteiger partial charge in [-0.1, -0.05) is 30.2 Å². The molecule has 17 heavy (non-hydrogen) atoms. The fourth-order valence-corrected chi connectivity index (χ4v) is 2.52. The molecule has 1 rings (SSSR count). The lowest BCUT2D eigenvalue weighted by Crippen LogP contribution is -2.20. The molecular weight excluding hydrogens is 208 g/mol. The molecule has 0 aromatic heterocycles. The Bertz CT molecular complexity index is 275. The van der Waals surface area contributed by atoms with E-state index in [2.05, 4.69) is 32.9 Å². The lowest BCUT2D eigenvalue weighted by Gasteiger charge is -2.23. The summed E-state index contributed by atoms with van der Waals surface area (Å²) in [7, 11) is 1.85. The average molecular weight is 236 g/mol. The first-order valence-corrected chi connectivity index (χ1v) is 6.97. The Labute approximate surface area is 107 Å². The van der Waals surface area contributed by atoms with E-state index in [0.29, 0.717) is 12.0 Å².